The molecule has 7 heteroatoms. The van der Waals surface area contributed by atoms with Crippen LogP contribution in [0.5, 0.6) is 0 Å². The maximum atomic E-state index is 12.8. The molecule has 0 spiro atoms. The molecule has 1 aliphatic heterocycles. The minimum Gasteiger partial charge on any atom is -0.377 e. The number of benzene rings is 1. The number of nitrogens with zero attached hydrogens (tertiary/aromatic N) is 4. The third kappa shape index (κ3) is 3.20. The lowest BCUT2D eigenvalue weighted by molar-refractivity contribution is -0.00405. The lowest BCUT2D eigenvalue weighted by Crippen LogP contribution is -2.43. The molecule has 128 valence electrons. The molecule has 1 aliphatic rings. The van der Waals surface area contributed by atoms with Gasteiger partial charge in [-0.25, -0.2) is 4.98 Å². The van der Waals surface area contributed by atoms with Crippen LogP contribution in [0, 0.1) is 0 Å². The number of carbonyl (C=O) groups is 1. The molecular formula is C18H18N4O2S. The van der Waals surface area contributed by atoms with E-state index >= 15 is 0 Å². The Balaban J connectivity index is 1.61. The van der Waals surface area contributed by atoms with Crippen molar-refractivity contribution in [1.29, 1.82) is 0 Å². The van der Waals surface area contributed by atoms with E-state index in [2.05, 4.69) is 5.10 Å². The van der Waals surface area contributed by atoms with Crippen LogP contribution in [0.15, 0.2) is 48.0 Å². The molecule has 0 bridgehead atoms. The molecule has 4 rings (SSSR count). The van der Waals surface area contributed by atoms with E-state index in [9.17, 15) is 4.79 Å². The summed E-state index contributed by atoms with van der Waals surface area (Å²) in [5, 5.41) is 7.20. The van der Waals surface area contributed by atoms with Gasteiger partial charge < -0.3 is 9.64 Å². The van der Waals surface area contributed by atoms with Crippen LogP contribution >= 0.6 is 11.3 Å². The van der Waals surface area contributed by atoms with E-state index < -0.39 is 0 Å². The van der Waals surface area contributed by atoms with Crippen LogP contribution in [0.3, 0.4) is 0 Å². The highest BCUT2D eigenvalue weighted by molar-refractivity contribution is 7.13. The molecule has 1 atom stereocenters. The first-order valence-electron chi connectivity index (χ1n) is 8.11. The van der Waals surface area contributed by atoms with Crippen LogP contribution in [0.1, 0.15) is 22.2 Å². The molecule has 0 aliphatic carbocycles. The number of thiazole rings is 1. The molecule has 0 N–H and O–H groups in total. The summed E-state index contributed by atoms with van der Waals surface area (Å²) in [7, 11) is 1.81. The first-order chi connectivity index (χ1) is 12.2. The first kappa shape index (κ1) is 16.0. The van der Waals surface area contributed by atoms with Crippen LogP contribution in [0.25, 0.3) is 10.6 Å². The Bertz CT molecular complexity index is 874. The molecule has 1 fully saturated rings. The summed E-state index contributed by atoms with van der Waals surface area (Å²) in [5.74, 6) is -0.0804. The fourth-order valence-corrected chi connectivity index (χ4v) is 3.79. The summed E-state index contributed by atoms with van der Waals surface area (Å²) >= 11 is 1.59. The summed E-state index contributed by atoms with van der Waals surface area (Å²) < 4.78 is 7.26. The highest BCUT2D eigenvalue weighted by Crippen LogP contribution is 2.30. The summed E-state index contributed by atoms with van der Waals surface area (Å²) in [6.45, 7) is 1.53. The predicted octanol–water partition coefficient (Wildman–Crippen LogP) is 2.76. The minimum atomic E-state index is -0.183. The largest absolute Gasteiger partial charge is 0.377 e. The third-order valence-corrected chi connectivity index (χ3v) is 5.12. The van der Waals surface area contributed by atoms with E-state index in [-0.39, 0.29) is 11.9 Å². The van der Waals surface area contributed by atoms with E-state index in [4.69, 9.17) is 9.72 Å². The van der Waals surface area contributed by atoms with Crippen LogP contribution in [-0.2, 0) is 11.8 Å². The number of morpholine rings is 1. The molecule has 0 saturated carbocycles. The van der Waals surface area contributed by atoms with Crippen molar-refractivity contribution in [2.75, 3.05) is 19.8 Å². The van der Waals surface area contributed by atoms with Gasteiger partial charge in [0.25, 0.3) is 5.91 Å². The zero-order valence-corrected chi connectivity index (χ0v) is 14.6. The maximum Gasteiger partial charge on any atom is 0.275 e. The van der Waals surface area contributed by atoms with Gasteiger partial charge in [0, 0.05) is 30.7 Å². The van der Waals surface area contributed by atoms with Crippen molar-refractivity contribution in [3.8, 4) is 10.6 Å². The number of hydrogen-bond donors (Lipinski definition) is 0. The molecule has 2 aromatic heterocycles. The zero-order chi connectivity index (χ0) is 17.2. The average Bonchev–Trinajstić information content (AvgIpc) is 3.31. The number of amides is 1. The van der Waals surface area contributed by atoms with Gasteiger partial charge in [0.05, 0.1) is 24.9 Å². The summed E-state index contributed by atoms with van der Waals surface area (Å²) in [6.07, 6.45) is 1.78. The highest BCUT2D eigenvalue weighted by atomic mass is 32.1. The quantitative estimate of drug-likeness (QED) is 0.726. The second-order valence-electron chi connectivity index (χ2n) is 5.91. The Morgan fingerprint density at radius 2 is 2.12 bits per heavy atom. The van der Waals surface area contributed by atoms with Gasteiger partial charge in [-0.2, -0.15) is 5.10 Å². The lowest BCUT2D eigenvalue weighted by atomic mass is 10.1. The highest BCUT2D eigenvalue weighted by Gasteiger charge is 2.32. The SMILES string of the molecule is Cn1ccc(C(=O)N2CCOC[C@H]2c2csc(-c3ccccc3)n2)n1. The van der Waals surface area contributed by atoms with Crippen LogP contribution in [0.4, 0.5) is 0 Å². The van der Waals surface area contributed by atoms with Gasteiger partial charge in [0.15, 0.2) is 0 Å². The van der Waals surface area contributed by atoms with Crippen molar-refractivity contribution in [3.63, 3.8) is 0 Å². The second-order valence-corrected chi connectivity index (χ2v) is 6.77. The first-order valence-corrected chi connectivity index (χ1v) is 8.99. The van der Waals surface area contributed by atoms with Gasteiger partial charge in [-0.3, -0.25) is 9.48 Å². The third-order valence-electron chi connectivity index (χ3n) is 4.21. The van der Waals surface area contributed by atoms with Crippen LogP contribution in [0.2, 0.25) is 0 Å². The molecule has 0 radical (unpaired) electrons. The molecular weight excluding hydrogens is 336 g/mol. The van der Waals surface area contributed by atoms with E-state index in [0.29, 0.717) is 25.5 Å². The number of aryl methyl sites for hydroxylation is 1. The number of carbonyl (C=O) groups excluding carboxylic acids is 1. The van der Waals surface area contributed by atoms with Crippen LogP contribution < -0.4 is 0 Å². The van der Waals surface area contributed by atoms with E-state index in [0.717, 1.165) is 16.3 Å². The van der Waals surface area contributed by atoms with Crippen LogP contribution in [-0.4, -0.2) is 45.3 Å². The van der Waals surface area contributed by atoms with Crippen molar-refractivity contribution in [2.24, 2.45) is 7.05 Å². The molecule has 1 aromatic carbocycles. The van der Waals surface area contributed by atoms with Gasteiger partial charge >= 0.3 is 0 Å². The van der Waals surface area contributed by atoms with E-state index in [1.807, 2.05) is 40.6 Å². The topological polar surface area (TPSA) is 60.2 Å². The summed E-state index contributed by atoms with van der Waals surface area (Å²) in [5.41, 5.74) is 2.40. The Morgan fingerprint density at radius 1 is 1.28 bits per heavy atom. The predicted molar refractivity (Wildman–Crippen MR) is 95.4 cm³/mol. The van der Waals surface area contributed by atoms with Crippen molar-refractivity contribution in [2.45, 2.75) is 6.04 Å². The Morgan fingerprint density at radius 3 is 2.88 bits per heavy atom. The maximum absolute atomic E-state index is 12.8. The monoisotopic (exact) mass is 354 g/mol. The Hall–Kier alpha value is -2.51. The average molecular weight is 354 g/mol. The zero-order valence-electron chi connectivity index (χ0n) is 13.8. The molecule has 1 amide bonds. The standard InChI is InChI=1S/C18H18N4O2S/c1-21-8-7-14(20-21)18(23)22-9-10-24-11-16(22)15-12-25-17(19-15)13-5-3-2-4-6-13/h2-8,12,16H,9-11H2,1H3/t16-/m0/s1. The summed E-state index contributed by atoms with van der Waals surface area (Å²) in [6, 6.07) is 11.6. The van der Waals surface area contributed by atoms with Gasteiger partial charge in [-0.1, -0.05) is 30.3 Å². The molecule has 3 aromatic rings. The van der Waals surface area contributed by atoms with Gasteiger partial charge in [-0.05, 0) is 6.07 Å². The fourth-order valence-electron chi connectivity index (χ4n) is 2.92. The second kappa shape index (κ2) is 6.78. The number of rotatable bonds is 3. The normalized spacial score (nSPS) is 17.6. The van der Waals surface area contributed by atoms with Crippen molar-refractivity contribution in [3.05, 3.63) is 59.4 Å². The molecule has 3 heterocycles. The molecule has 6 nitrogen and oxygen atoms in total. The lowest BCUT2D eigenvalue weighted by Gasteiger charge is -2.34. The smallest absolute Gasteiger partial charge is 0.275 e. The Kier molecular flexibility index (Phi) is 4.33. The number of aromatic nitrogens is 3. The summed E-state index contributed by atoms with van der Waals surface area (Å²) in [4.78, 5) is 19.4. The molecule has 0 unspecified atom stereocenters. The van der Waals surface area contributed by atoms with Crippen molar-refractivity contribution >= 4 is 17.2 Å². The van der Waals surface area contributed by atoms with E-state index in [1.54, 1.807) is 35.3 Å². The van der Waals surface area contributed by atoms with Crippen molar-refractivity contribution in [1.82, 2.24) is 19.7 Å². The van der Waals surface area contributed by atoms with E-state index in [1.165, 1.54) is 0 Å². The number of ether oxygens (including phenoxy) is 1. The molecule has 25 heavy (non-hydrogen) atoms. The van der Waals surface area contributed by atoms with Gasteiger partial charge in [0.1, 0.15) is 10.7 Å². The van der Waals surface area contributed by atoms with Gasteiger partial charge in [-0.15, -0.1) is 11.3 Å². The number of hydrogen-bond acceptors (Lipinski definition) is 5. The Labute approximate surface area is 149 Å². The van der Waals surface area contributed by atoms with Gasteiger partial charge in [0.2, 0.25) is 0 Å². The fraction of sp³-hybridized carbons (Fsp3) is 0.278. The minimum absolute atomic E-state index is 0.0804. The molecule has 1 saturated heterocycles. The van der Waals surface area contributed by atoms with Crippen molar-refractivity contribution < 1.29 is 9.53 Å².